The summed E-state index contributed by atoms with van der Waals surface area (Å²) in [4.78, 5) is 4.63. The van der Waals surface area contributed by atoms with Crippen molar-refractivity contribution in [2.75, 3.05) is 0 Å². The lowest BCUT2D eigenvalue weighted by Gasteiger charge is -2.07. The zero-order valence-electron chi connectivity index (χ0n) is 19.1. The number of thiazole rings is 1. The first-order chi connectivity index (χ1) is 16.6. The fourth-order valence-corrected chi connectivity index (χ4v) is 5.73. The van der Waals surface area contributed by atoms with E-state index in [0.29, 0.717) is 16.5 Å². The Hall–Kier alpha value is -3.66. The van der Waals surface area contributed by atoms with Crippen molar-refractivity contribution in [2.45, 2.75) is 25.7 Å². The van der Waals surface area contributed by atoms with E-state index in [-0.39, 0.29) is 16.3 Å². The molecule has 2 N–H and O–H groups in total. The summed E-state index contributed by atoms with van der Waals surface area (Å²) in [5.41, 5.74) is 5.93. The lowest BCUT2D eigenvalue weighted by atomic mass is 10.1. The summed E-state index contributed by atoms with van der Waals surface area (Å²) in [5.74, 6) is -0.0967. The number of aromatic nitrogens is 1. The molecule has 0 radical (unpaired) electrons. The molecule has 0 amide bonds. The lowest BCUT2D eigenvalue weighted by Crippen LogP contribution is -1.97. The van der Waals surface area contributed by atoms with Crippen molar-refractivity contribution < 1.29 is 18.1 Å². The molecule has 0 saturated heterocycles. The van der Waals surface area contributed by atoms with Gasteiger partial charge in [-0.25, -0.2) is 4.98 Å². The fourth-order valence-electron chi connectivity index (χ4n) is 4.04. The Kier molecular flexibility index (Phi) is 5.63. The molecule has 0 unspecified atom stereocenters. The molecule has 0 aliphatic rings. The SMILES string of the molecule is Cc1ccc(N=Nc2c(O)ccc3cc(S(=O)(=O)O)ccc23)c(-c2nc3c(C)cc(C)cc3s2)c1. The molecule has 7 nitrogen and oxygen atoms in total. The van der Waals surface area contributed by atoms with Crippen LogP contribution in [0.1, 0.15) is 16.7 Å². The Labute approximate surface area is 206 Å². The van der Waals surface area contributed by atoms with Gasteiger partial charge in [-0.05, 0) is 73.7 Å². The molecule has 176 valence electrons. The minimum Gasteiger partial charge on any atom is -0.506 e. The molecule has 9 heteroatoms. The van der Waals surface area contributed by atoms with Gasteiger partial charge in [0.05, 0.1) is 20.8 Å². The second kappa shape index (κ2) is 8.53. The van der Waals surface area contributed by atoms with E-state index in [9.17, 15) is 18.1 Å². The molecule has 4 aromatic carbocycles. The number of hydrogen-bond acceptors (Lipinski definition) is 7. The van der Waals surface area contributed by atoms with E-state index in [1.165, 1.54) is 29.8 Å². The van der Waals surface area contributed by atoms with Crippen LogP contribution in [0.5, 0.6) is 5.75 Å². The van der Waals surface area contributed by atoms with Gasteiger partial charge in [-0.1, -0.05) is 29.8 Å². The number of hydrogen-bond donors (Lipinski definition) is 2. The molecule has 0 spiro atoms. The quantitative estimate of drug-likeness (QED) is 0.196. The van der Waals surface area contributed by atoms with Crippen LogP contribution in [0.15, 0.2) is 75.8 Å². The highest BCUT2D eigenvalue weighted by Crippen LogP contribution is 2.41. The predicted molar refractivity (Wildman–Crippen MR) is 139 cm³/mol. The van der Waals surface area contributed by atoms with Crippen molar-refractivity contribution in [3.63, 3.8) is 0 Å². The van der Waals surface area contributed by atoms with E-state index >= 15 is 0 Å². The number of aromatic hydroxyl groups is 1. The Morgan fingerprint density at radius 2 is 1.69 bits per heavy atom. The third-order valence-electron chi connectivity index (χ3n) is 5.71. The van der Waals surface area contributed by atoms with Crippen molar-refractivity contribution in [1.29, 1.82) is 0 Å². The summed E-state index contributed by atoms with van der Waals surface area (Å²) >= 11 is 1.59. The van der Waals surface area contributed by atoms with E-state index in [0.717, 1.165) is 31.9 Å². The molecule has 0 fully saturated rings. The molecule has 0 bridgehead atoms. The van der Waals surface area contributed by atoms with Gasteiger partial charge >= 0.3 is 0 Å². The van der Waals surface area contributed by atoms with Crippen LogP contribution in [0.2, 0.25) is 0 Å². The Balaban J connectivity index is 1.63. The van der Waals surface area contributed by atoms with Crippen LogP contribution in [-0.4, -0.2) is 23.1 Å². The first-order valence-electron chi connectivity index (χ1n) is 10.7. The molecule has 0 atom stereocenters. The van der Waals surface area contributed by atoms with Gasteiger partial charge in [-0.3, -0.25) is 4.55 Å². The highest BCUT2D eigenvalue weighted by Gasteiger charge is 2.15. The summed E-state index contributed by atoms with van der Waals surface area (Å²) < 4.78 is 33.5. The van der Waals surface area contributed by atoms with Crippen LogP contribution in [0.3, 0.4) is 0 Å². The third-order valence-corrected chi connectivity index (χ3v) is 7.59. The Bertz CT molecular complexity index is 1770. The summed E-state index contributed by atoms with van der Waals surface area (Å²) in [6.07, 6.45) is 0. The molecular weight excluding hydrogens is 482 g/mol. The van der Waals surface area contributed by atoms with E-state index < -0.39 is 10.1 Å². The smallest absolute Gasteiger partial charge is 0.294 e. The monoisotopic (exact) mass is 503 g/mol. The number of phenolic OH excluding ortho intramolecular Hbond substituents is 1. The average molecular weight is 504 g/mol. The molecule has 1 aromatic heterocycles. The first kappa shape index (κ1) is 23.1. The second-order valence-electron chi connectivity index (χ2n) is 8.46. The number of fused-ring (bicyclic) bond motifs is 2. The van der Waals surface area contributed by atoms with Crippen molar-refractivity contribution in [3.8, 4) is 16.3 Å². The number of phenols is 1. The topological polar surface area (TPSA) is 112 Å². The molecular formula is C26H21N3O4S2. The highest BCUT2D eigenvalue weighted by molar-refractivity contribution is 7.85. The average Bonchev–Trinajstić information content (AvgIpc) is 3.22. The summed E-state index contributed by atoms with van der Waals surface area (Å²) in [7, 11) is -4.35. The minimum absolute atomic E-state index is 0.0967. The van der Waals surface area contributed by atoms with Gasteiger partial charge in [-0.15, -0.1) is 21.6 Å². The maximum Gasteiger partial charge on any atom is 0.294 e. The van der Waals surface area contributed by atoms with Gasteiger partial charge in [0.1, 0.15) is 16.4 Å². The van der Waals surface area contributed by atoms with Crippen LogP contribution in [0.25, 0.3) is 31.6 Å². The number of aryl methyl sites for hydroxylation is 3. The standard InChI is InChI=1S/C26H21N3O4S2/c1-14-4-8-21(20(11-14)26-27-24-16(3)10-15(2)12-23(24)34-26)28-29-25-19-7-6-18(35(31,32)33)13-17(19)5-9-22(25)30/h4-13,30H,1-3H3,(H,31,32,33). The number of rotatable bonds is 4. The zero-order valence-corrected chi connectivity index (χ0v) is 20.8. The molecule has 35 heavy (non-hydrogen) atoms. The molecule has 5 aromatic rings. The van der Waals surface area contributed by atoms with Crippen LogP contribution in [-0.2, 0) is 10.1 Å². The summed E-state index contributed by atoms with van der Waals surface area (Å²) in [6, 6.07) is 17.1. The van der Waals surface area contributed by atoms with Gasteiger partial charge in [0.15, 0.2) is 0 Å². The van der Waals surface area contributed by atoms with Gasteiger partial charge < -0.3 is 5.11 Å². The maximum absolute atomic E-state index is 11.5. The van der Waals surface area contributed by atoms with Crippen LogP contribution >= 0.6 is 11.3 Å². The van der Waals surface area contributed by atoms with Crippen molar-refractivity contribution in [3.05, 3.63) is 77.4 Å². The molecule has 5 rings (SSSR count). The minimum atomic E-state index is -4.35. The third kappa shape index (κ3) is 4.41. The second-order valence-corrected chi connectivity index (χ2v) is 10.9. The van der Waals surface area contributed by atoms with E-state index in [2.05, 4.69) is 29.3 Å². The van der Waals surface area contributed by atoms with Crippen molar-refractivity contribution in [1.82, 2.24) is 4.98 Å². The first-order valence-corrected chi connectivity index (χ1v) is 13.0. The zero-order chi connectivity index (χ0) is 24.9. The normalized spacial score (nSPS) is 12.2. The van der Waals surface area contributed by atoms with Gasteiger partial charge in [0.25, 0.3) is 10.1 Å². The van der Waals surface area contributed by atoms with Crippen LogP contribution in [0, 0.1) is 20.8 Å². The largest absolute Gasteiger partial charge is 0.506 e. The number of nitrogens with zero attached hydrogens (tertiary/aromatic N) is 3. The van der Waals surface area contributed by atoms with Gasteiger partial charge in [0.2, 0.25) is 0 Å². The van der Waals surface area contributed by atoms with Crippen molar-refractivity contribution >= 4 is 53.8 Å². The van der Waals surface area contributed by atoms with Crippen LogP contribution in [0.4, 0.5) is 11.4 Å². The number of benzene rings is 4. The van der Waals surface area contributed by atoms with E-state index in [4.69, 9.17) is 4.98 Å². The number of azo groups is 1. The molecule has 1 heterocycles. The lowest BCUT2D eigenvalue weighted by molar-refractivity contribution is 0.477. The van der Waals surface area contributed by atoms with Crippen LogP contribution < -0.4 is 0 Å². The molecule has 0 aliphatic carbocycles. The molecule has 0 aliphatic heterocycles. The van der Waals surface area contributed by atoms with Gasteiger partial charge in [0, 0.05) is 10.9 Å². The Morgan fingerprint density at radius 3 is 2.46 bits per heavy atom. The summed E-state index contributed by atoms with van der Waals surface area (Å²) in [6.45, 7) is 6.11. The van der Waals surface area contributed by atoms with E-state index in [1.807, 2.05) is 32.0 Å². The van der Waals surface area contributed by atoms with Gasteiger partial charge in [-0.2, -0.15) is 8.42 Å². The van der Waals surface area contributed by atoms with Crippen molar-refractivity contribution in [2.24, 2.45) is 10.2 Å². The predicted octanol–water partition coefficient (Wildman–Crippen LogP) is 7.41. The summed E-state index contributed by atoms with van der Waals surface area (Å²) in [5, 5.41) is 21.1. The maximum atomic E-state index is 11.5. The highest BCUT2D eigenvalue weighted by atomic mass is 32.2. The fraction of sp³-hybridized carbons (Fsp3) is 0.115. The van der Waals surface area contributed by atoms with E-state index in [1.54, 1.807) is 17.4 Å². The Morgan fingerprint density at radius 1 is 0.886 bits per heavy atom. The molecule has 0 saturated carbocycles.